The molecule has 0 aromatic rings. The van der Waals surface area contributed by atoms with Gasteiger partial charge >= 0.3 is 0 Å². The van der Waals surface area contributed by atoms with Crippen LogP contribution in [0.3, 0.4) is 0 Å². The molecule has 0 radical (unpaired) electrons. The number of carbonyl (C=O) groups excluding carboxylic acids is 2. The Labute approximate surface area is 95.5 Å². The van der Waals surface area contributed by atoms with Crippen molar-refractivity contribution in [1.29, 1.82) is 0 Å². The van der Waals surface area contributed by atoms with Crippen molar-refractivity contribution in [2.45, 2.75) is 44.3 Å². The molecular weight excluding hydrogens is 206 g/mol. The molecule has 1 fully saturated rings. The van der Waals surface area contributed by atoms with Crippen molar-refractivity contribution >= 4 is 11.8 Å². The molecule has 1 rings (SSSR count). The number of carbonyl (C=O) groups is 2. The van der Waals surface area contributed by atoms with Gasteiger partial charge in [0.15, 0.2) is 0 Å². The molecule has 0 aliphatic heterocycles. The molecule has 0 aromatic carbocycles. The first-order valence-electron chi connectivity index (χ1n) is 5.51. The predicted molar refractivity (Wildman–Crippen MR) is 61.6 cm³/mol. The first-order valence-corrected chi connectivity index (χ1v) is 5.51. The van der Waals surface area contributed by atoms with Crippen molar-refractivity contribution in [3.8, 4) is 0 Å². The lowest BCUT2D eigenvalue weighted by Crippen LogP contribution is -2.50. The molecule has 1 saturated carbocycles. The van der Waals surface area contributed by atoms with Gasteiger partial charge in [0.2, 0.25) is 11.8 Å². The van der Waals surface area contributed by atoms with Gasteiger partial charge in [-0.2, -0.15) is 0 Å². The zero-order chi connectivity index (χ0) is 12.1. The van der Waals surface area contributed by atoms with E-state index in [1.807, 2.05) is 0 Å². The second-order valence-corrected chi connectivity index (χ2v) is 4.14. The monoisotopic (exact) mass is 225 g/mol. The Morgan fingerprint density at radius 3 is 2.62 bits per heavy atom. The predicted octanol–water partition coefficient (Wildman–Crippen LogP) is -0.327. The van der Waals surface area contributed by atoms with E-state index >= 15 is 0 Å². The number of hydrogen-bond donors (Lipinski definition) is 3. The van der Waals surface area contributed by atoms with Crippen LogP contribution in [0.4, 0.5) is 0 Å². The van der Waals surface area contributed by atoms with Crippen LogP contribution in [0.1, 0.15) is 26.2 Å². The van der Waals surface area contributed by atoms with E-state index in [1.54, 1.807) is 13.0 Å². The lowest BCUT2D eigenvalue weighted by molar-refractivity contribution is -0.129. The zero-order valence-electron chi connectivity index (χ0n) is 9.53. The van der Waals surface area contributed by atoms with E-state index in [2.05, 4.69) is 17.2 Å². The summed E-state index contributed by atoms with van der Waals surface area (Å²) in [4.78, 5) is 23.0. The molecule has 1 aliphatic rings. The van der Waals surface area contributed by atoms with Gasteiger partial charge in [-0.1, -0.05) is 6.08 Å². The van der Waals surface area contributed by atoms with E-state index in [-0.39, 0.29) is 11.8 Å². The molecule has 1 aliphatic carbocycles. The third-order valence-corrected chi connectivity index (χ3v) is 2.43. The van der Waals surface area contributed by atoms with E-state index in [9.17, 15) is 9.59 Å². The Morgan fingerprint density at radius 1 is 1.50 bits per heavy atom. The summed E-state index contributed by atoms with van der Waals surface area (Å²) in [6.07, 6.45) is 4.05. The summed E-state index contributed by atoms with van der Waals surface area (Å²) in [6.45, 7) is 5.15. The molecule has 2 atom stereocenters. The molecule has 0 bridgehead atoms. The zero-order valence-corrected chi connectivity index (χ0v) is 9.53. The van der Waals surface area contributed by atoms with Crippen LogP contribution in [0.5, 0.6) is 0 Å². The minimum atomic E-state index is -0.631. The lowest BCUT2D eigenvalue weighted by atomic mass is 10.2. The Balaban J connectivity index is 2.30. The van der Waals surface area contributed by atoms with Crippen molar-refractivity contribution in [2.24, 2.45) is 5.73 Å². The average molecular weight is 225 g/mol. The number of hydrogen-bond acceptors (Lipinski definition) is 3. The van der Waals surface area contributed by atoms with Gasteiger partial charge in [0.1, 0.15) is 6.04 Å². The van der Waals surface area contributed by atoms with Crippen LogP contribution in [-0.4, -0.2) is 29.9 Å². The van der Waals surface area contributed by atoms with Gasteiger partial charge < -0.3 is 16.4 Å². The smallest absolute Gasteiger partial charge is 0.242 e. The second-order valence-electron chi connectivity index (χ2n) is 4.14. The lowest BCUT2D eigenvalue weighted by Gasteiger charge is -2.16. The maximum Gasteiger partial charge on any atom is 0.242 e. The highest BCUT2D eigenvalue weighted by Gasteiger charge is 2.26. The summed E-state index contributed by atoms with van der Waals surface area (Å²) < 4.78 is 0. The van der Waals surface area contributed by atoms with E-state index in [1.165, 1.54) is 0 Å². The molecule has 0 heterocycles. The Hall–Kier alpha value is -1.36. The maximum atomic E-state index is 11.5. The minimum absolute atomic E-state index is 0.151. The summed E-state index contributed by atoms with van der Waals surface area (Å²) in [5.74, 6) is -0.472. The summed E-state index contributed by atoms with van der Waals surface area (Å²) in [5.41, 5.74) is 5.57. The summed E-state index contributed by atoms with van der Waals surface area (Å²) in [7, 11) is 0. The largest absolute Gasteiger partial charge is 0.352 e. The first kappa shape index (κ1) is 12.7. The number of nitrogens with two attached hydrogens (primary N) is 1. The Morgan fingerprint density at radius 2 is 2.12 bits per heavy atom. The van der Waals surface area contributed by atoms with E-state index in [0.717, 1.165) is 12.8 Å². The summed E-state index contributed by atoms with van der Waals surface area (Å²) >= 11 is 0. The molecule has 0 aromatic heterocycles. The molecule has 4 N–H and O–H groups in total. The Bertz CT molecular complexity index is 287. The van der Waals surface area contributed by atoms with Crippen LogP contribution >= 0.6 is 0 Å². The highest BCUT2D eigenvalue weighted by molar-refractivity contribution is 5.89. The van der Waals surface area contributed by atoms with Gasteiger partial charge in [0.05, 0.1) is 6.04 Å². The number of amides is 2. The average Bonchev–Trinajstić information content (AvgIpc) is 3.01. The van der Waals surface area contributed by atoms with Crippen LogP contribution in [0, 0.1) is 0 Å². The van der Waals surface area contributed by atoms with Crippen LogP contribution < -0.4 is 16.4 Å². The van der Waals surface area contributed by atoms with Gasteiger partial charge in [-0.25, -0.2) is 0 Å². The van der Waals surface area contributed by atoms with Crippen LogP contribution in [0.25, 0.3) is 0 Å². The summed E-state index contributed by atoms with van der Waals surface area (Å²) in [6, 6.07) is -0.869. The standard InChI is InChI=1S/C11H19N3O2/c1-3-4-9(12)11(16)13-7(2)10(15)14-8-5-6-8/h3,7-9H,1,4-6,12H2,2H3,(H,13,16)(H,14,15). The molecule has 16 heavy (non-hydrogen) atoms. The fourth-order valence-electron chi connectivity index (χ4n) is 1.23. The van der Waals surface area contributed by atoms with E-state index in [4.69, 9.17) is 5.73 Å². The third kappa shape index (κ3) is 4.02. The Kier molecular flexibility index (Phi) is 4.49. The van der Waals surface area contributed by atoms with Crippen LogP contribution in [0.15, 0.2) is 12.7 Å². The molecule has 2 unspecified atom stereocenters. The fourth-order valence-corrected chi connectivity index (χ4v) is 1.23. The van der Waals surface area contributed by atoms with Crippen molar-refractivity contribution in [3.63, 3.8) is 0 Å². The quantitative estimate of drug-likeness (QED) is 0.541. The van der Waals surface area contributed by atoms with Gasteiger partial charge in [0.25, 0.3) is 0 Å². The maximum absolute atomic E-state index is 11.5. The number of rotatable bonds is 6. The molecule has 90 valence electrons. The molecule has 5 heteroatoms. The molecule has 0 saturated heterocycles. The van der Waals surface area contributed by atoms with Gasteiger partial charge in [0, 0.05) is 6.04 Å². The first-order chi connectivity index (χ1) is 7.54. The topological polar surface area (TPSA) is 84.2 Å². The minimum Gasteiger partial charge on any atom is -0.352 e. The molecule has 5 nitrogen and oxygen atoms in total. The van der Waals surface area contributed by atoms with Gasteiger partial charge in [-0.05, 0) is 26.2 Å². The van der Waals surface area contributed by atoms with Gasteiger partial charge in [-0.3, -0.25) is 9.59 Å². The third-order valence-electron chi connectivity index (χ3n) is 2.43. The van der Waals surface area contributed by atoms with Crippen LogP contribution in [-0.2, 0) is 9.59 Å². The van der Waals surface area contributed by atoms with E-state index in [0.29, 0.717) is 12.5 Å². The second kappa shape index (κ2) is 5.65. The highest BCUT2D eigenvalue weighted by atomic mass is 16.2. The van der Waals surface area contributed by atoms with Crippen molar-refractivity contribution < 1.29 is 9.59 Å². The summed E-state index contributed by atoms with van der Waals surface area (Å²) in [5, 5.41) is 5.39. The SMILES string of the molecule is C=CCC(N)C(=O)NC(C)C(=O)NC1CC1. The van der Waals surface area contributed by atoms with Crippen LogP contribution in [0.2, 0.25) is 0 Å². The normalized spacial score (nSPS) is 18.4. The fraction of sp³-hybridized carbons (Fsp3) is 0.636. The number of nitrogens with one attached hydrogen (secondary N) is 2. The molecular formula is C11H19N3O2. The van der Waals surface area contributed by atoms with Crippen molar-refractivity contribution in [2.75, 3.05) is 0 Å². The molecule has 2 amide bonds. The van der Waals surface area contributed by atoms with Crippen molar-refractivity contribution in [3.05, 3.63) is 12.7 Å². The van der Waals surface area contributed by atoms with Gasteiger partial charge in [-0.15, -0.1) is 6.58 Å². The van der Waals surface area contributed by atoms with Crippen molar-refractivity contribution in [1.82, 2.24) is 10.6 Å². The highest BCUT2D eigenvalue weighted by Crippen LogP contribution is 2.18. The van der Waals surface area contributed by atoms with E-state index < -0.39 is 12.1 Å². The molecule has 0 spiro atoms.